The van der Waals surface area contributed by atoms with E-state index in [9.17, 15) is 14.4 Å². The first kappa shape index (κ1) is 49.9. The van der Waals surface area contributed by atoms with Crippen LogP contribution in [0.5, 0.6) is 0 Å². The van der Waals surface area contributed by atoms with E-state index in [0.717, 1.165) is 96.3 Å². The third-order valence-corrected chi connectivity index (χ3v) is 11.5. The second-order valence-corrected chi connectivity index (χ2v) is 17.6. The minimum absolute atomic E-state index is 0.130. The molecule has 61 heavy (non-hydrogen) atoms. The van der Waals surface area contributed by atoms with Gasteiger partial charge < -0.3 is 14.2 Å². The molecule has 0 aromatic carbocycles. The van der Waals surface area contributed by atoms with Crippen LogP contribution >= 0.6 is 0 Å². The van der Waals surface area contributed by atoms with Crippen molar-refractivity contribution in [2.75, 3.05) is 13.1 Å². The number of carbonyl (C=O) groups excluding carboxylic acids is 3. The average Bonchev–Trinajstić information content (AvgIpc) is 3.27. The fourth-order valence-electron chi connectivity index (χ4n) is 7.50. The number of ether oxygens (including phenoxy) is 3. The largest absolute Gasteiger partial charge is 0.462 e. The molecular formula is C55H102O6. The SMILES string of the molecule is [2H]C([2H])(OC(=O)CCCCCCC/C=C\CCCCCCCC)C([2H])(OC(=O)CCCCCCC/C=C\CCCCCCCC)C([2H])([2H])OC(=O)CCCCCCCCCCCCCCC. The molecule has 6 nitrogen and oxygen atoms in total. The van der Waals surface area contributed by atoms with Gasteiger partial charge in [0.1, 0.15) is 13.1 Å². The molecule has 0 aliphatic rings. The van der Waals surface area contributed by atoms with Gasteiger partial charge in [0.25, 0.3) is 0 Å². The highest BCUT2D eigenvalue weighted by Crippen LogP contribution is 2.15. The van der Waals surface area contributed by atoms with E-state index in [-0.39, 0.29) is 19.3 Å². The lowest BCUT2D eigenvalue weighted by Crippen LogP contribution is -2.30. The van der Waals surface area contributed by atoms with Crippen LogP contribution in [0.15, 0.2) is 24.3 Å². The molecule has 0 bridgehead atoms. The van der Waals surface area contributed by atoms with Gasteiger partial charge in [0.15, 0.2) is 6.08 Å². The van der Waals surface area contributed by atoms with E-state index in [1.807, 2.05) is 0 Å². The Morgan fingerprint density at radius 1 is 0.361 bits per heavy atom. The molecular weight excluding hydrogens is 757 g/mol. The molecule has 358 valence electrons. The van der Waals surface area contributed by atoms with Crippen LogP contribution in [0.3, 0.4) is 0 Å². The Hall–Kier alpha value is -2.11. The van der Waals surface area contributed by atoms with Crippen molar-refractivity contribution >= 4 is 17.9 Å². The Bertz CT molecular complexity index is 1210. The molecule has 0 aliphatic heterocycles. The molecule has 0 aromatic heterocycles. The highest BCUT2D eigenvalue weighted by atomic mass is 16.6. The second-order valence-electron chi connectivity index (χ2n) is 17.6. The van der Waals surface area contributed by atoms with Crippen molar-refractivity contribution in [2.24, 2.45) is 0 Å². The first-order chi connectivity index (χ1) is 31.9. The zero-order chi connectivity index (χ0) is 48.9. The molecule has 0 saturated carbocycles. The minimum atomic E-state index is -3.50. The summed E-state index contributed by atoms with van der Waals surface area (Å²) in [6, 6.07) is 0. The summed E-state index contributed by atoms with van der Waals surface area (Å²) in [4.78, 5) is 39.0. The highest BCUT2D eigenvalue weighted by molar-refractivity contribution is 5.71. The van der Waals surface area contributed by atoms with Crippen LogP contribution in [-0.2, 0) is 28.6 Å². The van der Waals surface area contributed by atoms with Crippen molar-refractivity contribution in [1.29, 1.82) is 0 Å². The monoisotopic (exact) mass is 864 g/mol. The normalized spacial score (nSPS) is 14.3. The van der Waals surface area contributed by atoms with Gasteiger partial charge in [0.05, 0.1) is 6.85 Å². The molecule has 0 aromatic rings. The Morgan fingerprint density at radius 2 is 0.590 bits per heavy atom. The average molecular weight is 864 g/mol. The summed E-state index contributed by atoms with van der Waals surface area (Å²) in [5.41, 5.74) is 0. The molecule has 0 rings (SSSR count). The molecule has 0 amide bonds. The van der Waals surface area contributed by atoms with Crippen LogP contribution in [0.1, 0.15) is 297 Å². The number of allylic oxidation sites excluding steroid dienone is 4. The van der Waals surface area contributed by atoms with Crippen LogP contribution < -0.4 is 0 Å². The number of hydrogen-bond acceptors (Lipinski definition) is 6. The van der Waals surface area contributed by atoms with Gasteiger partial charge >= 0.3 is 17.9 Å². The molecule has 6 heteroatoms. The topological polar surface area (TPSA) is 78.9 Å². The van der Waals surface area contributed by atoms with Crippen molar-refractivity contribution in [1.82, 2.24) is 0 Å². The Labute approximate surface area is 386 Å². The van der Waals surface area contributed by atoms with Crippen LogP contribution in [0.4, 0.5) is 0 Å². The first-order valence-corrected chi connectivity index (χ1v) is 26.3. The van der Waals surface area contributed by atoms with E-state index in [4.69, 9.17) is 21.1 Å². The van der Waals surface area contributed by atoms with E-state index in [0.29, 0.717) is 25.7 Å². The quantitative estimate of drug-likeness (QED) is 0.0262. The van der Waals surface area contributed by atoms with E-state index in [1.165, 1.54) is 128 Å². The Balaban J connectivity index is 5.02. The summed E-state index contributed by atoms with van der Waals surface area (Å²) in [6.45, 7) is -0.213. The van der Waals surface area contributed by atoms with Gasteiger partial charge in [-0.1, -0.05) is 225 Å². The number of hydrogen-bond donors (Lipinski definition) is 0. The van der Waals surface area contributed by atoms with Crippen molar-refractivity contribution in [3.8, 4) is 0 Å². The number of unbranched alkanes of at least 4 members (excludes halogenated alkanes) is 34. The van der Waals surface area contributed by atoms with Gasteiger partial charge in [-0.2, -0.15) is 0 Å². The maximum atomic E-state index is 13.1. The second kappa shape index (κ2) is 50.5. The molecule has 0 N–H and O–H groups in total. The van der Waals surface area contributed by atoms with Crippen molar-refractivity contribution in [2.45, 2.75) is 297 Å². The fraction of sp³-hybridized carbons (Fsp3) is 0.873. The van der Waals surface area contributed by atoms with Crippen molar-refractivity contribution in [3.05, 3.63) is 24.3 Å². The summed E-state index contributed by atoms with van der Waals surface area (Å²) < 4.78 is 58.8. The predicted molar refractivity (Wildman–Crippen MR) is 261 cm³/mol. The third kappa shape index (κ3) is 48.8. The number of carbonyl (C=O) groups is 3. The summed E-state index contributed by atoms with van der Waals surface area (Å²) in [6.07, 6.45) is 47.6. The predicted octanol–water partition coefficient (Wildman–Crippen LogP) is 17.5. The lowest BCUT2D eigenvalue weighted by atomic mass is 10.0. The van der Waals surface area contributed by atoms with E-state index in [2.05, 4.69) is 45.1 Å². The van der Waals surface area contributed by atoms with E-state index >= 15 is 0 Å². The molecule has 0 heterocycles. The molecule has 0 spiro atoms. The Kier molecular flexibility index (Phi) is 41.3. The van der Waals surface area contributed by atoms with Gasteiger partial charge in [-0.3, -0.25) is 14.4 Å². The lowest BCUT2D eigenvalue weighted by Gasteiger charge is -2.18. The third-order valence-electron chi connectivity index (χ3n) is 11.5. The zero-order valence-electron chi connectivity index (χ0n) is 45.5. The zero-order valence-corrected chi connectivity index (χ0v) is 40.5. The smallest absolute Gasteiger partial charge is 0.306 e. The molecule has 1 atom stereocenters. The molecule has 0 aliphatic carbocycles. The van der Waals surface area contributed by atoms with Crippen LogP contribution in [0.25, 0.3) is 0 Å². The van der Waals surface area contributed by atoms with E-state index < -0.39 is 37.1 Å². The molecule has 0 fully saturated rings. The Morgan fingerprint density at radius 3 is 0.869 bits per heavy atom. The van der Waals surface area contributed by atoms with Crippen molar-refractivity contribution < 1.29 is 35.4 Å². The van der Waals surface area contributed by atoms with Gasteiger partial charge in [-0.25, -0.2) is 0 Å². The molecule has 1 unspecified atom stereocenters. The first-order valence-electron chi connectivity index (χ1n) is 28.8. The summed E-state index contributed by atoms with van der Waals surface area (Å²) >= 11 is 0. The van der Waals surface area contributed by atoms with Crippen LogP contribution in [0.2, 0.25) is 0 Å². The number of rotatable bonds is 49. The van der Waals surface area contributed by atoms with E-state index in [1.54, 1.807) is 0 Å². The summed E-state index contributed by atoms with van der Waals surface area (Å²) in [7, 11) is 0. The number of esters is 3. The van der Waals surface area contributed by atoms with Gasteiger partial charge in [-0.15, -0.1) is 0 Å². The molecule has 0 radical (unpaired) electrons. The van der Waals surface area contributed by atoms with Gasteiger partial charge in [0.2, 0.25) is 0 Å². The van der Waals surface area contributed by atoms with Crippen LogP contribution in [0, 0.1) is 0 Å². The summed E-state index contributed by atoms with van der Waals surface area (Å²) in [5, 5.41) is 0. The fourth-order valence-corrected chi connectivity index (χ4v) is 7.50. The summed E-state index contributed by atoms with van der Waals surface area (Å²) in [5.74, 6) is -2.96. The highest BCUT2D eigenvalue weighted by Gasteiger charge is 2.19. The lowest BCUT2D eigenvalue weighted by molar-refractivity contribution is -0.167. The standard InChI is InChI=1S/C55H102O6/c1-4-7-10-13-16-19-22-25-27-30-33-36-39-42-45-48-54(57)60-51-52(50-59-53(56)47-44-41-38-35-32-29-24-21-18-15-12-9-6-3)61-55(58)49-46-43-40-37-34-31-28-26-23-20-17-14-11-8-5-2/h25-28,52H,4-24,29-51H2,1-3H3/b27-25-,28-26-/i50D2,51D2,52D. The maximum absolute atomic E-state index is 13.1. The van der Waals surface area contributed by atoms with Crippen LogP contribution in [-0.4, -0.2) is 37.1 Å². The molecule has 0 saturated heterocycles. The minimum Gasteiger partial charge on any atom is -0.462 e. The van der Waals surface area contributed by atoms with Gasteiger partial charge in [0, 0.05) is 19.3 Å². The van der Waals surface area contributed by atoms with Crippen molar-refractivity contribution in [3.63, 3.8) is 0 Å². The van der Waals surface area contributed by atoms with Gasteiger partial charge in [-0.05, 0) is 70.6 Å². The maximum Gasteiger partial charge on any atom is 0.306 e.